The number of amides is 1. The Hall–Kier alpha value is -3.16. The van der Waals surface area contributed by atoms with E-state index in [1.54, 1.807) is 31.0 Å². The first-order chi connectivity index (χ1) is 15.8. The molecule has 1 aromatic heterocycles. The van der Waals surface area contributed by atoms with Gasteiger partial charge in [0, 0.05) is 50.5 Å². The van der Waals surface area contributed by atoms with Gasteiger partial charge in [-0.15, -0.1) is 0 Å². The van der Waals surface area contributed by atoms with E-state index in [9.17, 15) is 13.6 Å². The van der Waals surface area contributed by atoms with Crippen LogP contribution in [0.2, 0.25) is 0 Å². The summed E-state index contributed by atoms with van der Waals surface area (Å²) in [4.78, 5) is 21.6. The second-order valence-electron chi connectivity index (χ2n) is 8.58. The van der Waals surface area contributed by atoms with Crippen LogP contribution in [0, 0.1) is 18.6 Å². The van der Waals surface area contributed by atoms with E-state index in [2.05, 4.69) is 34.3 Å². The van der Waals surface area contributed by atoms with Crippen LogP contribution >= 0.6 is 0 Å². The van der Waals surface area contributed by atoms with Crippen LogP contribution in [-0.2, 0) is 6.54 Å². The van der Waals surface area contributed by atoms with E-state index in [1.807, 2.05) is 12.1 Å². The van der Waals surface area contributed by atoms with E-state index < -0.39 is 11.6 Å². The molecule has 172 valence electrons. The molecule has 1 N–H and O–H groups in total. The zero-order valence-electron chi connectivity index (χ0n) is 19.1. The molecule has 1 aliphatic rings. The fourth-order valence-corrected chi connectivity index (χ4v) is 4.14. The average Bonchev–Trinajstić information content (AvgIpc) is 2.80. The van der Waals surface area contributed by atoms with Crippen molar-refractivity contribution in [3.8, 4) is 11.3 Å². The Morgan fingerprint density at radius 3 is 2.55 bits per heavy atom. The molecule has 2 aromatic carbocycles. The van der Waals surface area contributed by atoms with Crippen LogP contribution in [0.25, 0.3) is 11.3 Å². The predicted octanol–water partition coefficient (Wildman–Crippen LogP) is 4.41. The summed E-state index contributed by atoms with van der Waals surface area (Å²) in [5.74, 6) is -2.01. The molecule has 0 aliphatic carbocycles. The number of piperazine rings is 1. The topological polar surface area (TPSA) is 48.5 Å². The minimum atomic E-state index is -0.929. The predicted molar refractivity (Wildman–Crippen MR) is 126 cm³/mol. The normalized spacial score (nSPS) is 16.6. The third-order valence-corrected chi connectivity index (χ3v) is 6.02. The molecule has 7 heteroatoms. The van der Waals surface area contributed by atoms with E-state index in [4.69, 9.17) is 0 Å². The first-order valence-corrected chi connectivity index (χ1v) is 11.1. The number of hydrogen-bond acceptors (Lipinski definition) is 4. The van der Waals surface area contributed by atoms with Crippen molar-refractivity contribution in [1.29, 1.82) is 0 Å². The second-order valence-corrected chi connectivity index (χ2v) is 8.58. The highest BCUT2D eigenvalue weighted by Gasteiger charge is 2.19. The standard InChI is InChI=1S/C26H28F2N4O/c1-17-15-32(13-12-29-17)16-19-4-7-21(8-5-19)31(3)26(33)22-9-11-25(30-18(22)2)20-6-10-23(27)24(28)14-20/h4-11,14,17,29H,12-13,15-16H2,1-3H3. The van der Waals surface area contributed by atoms with Crippen molar-refractivity contribution in [2.45, 2.75) is 26.4 Å². The molecular weight excluding hydrogens is 422 g/mol. The Kier molecular flexibility index (Phi) is 6.81. The number of pyridine rings is 1. The summed E-state index contributed by atoms with van der Waals surface area (Å²) in [5.41, 5.74) is 3.93. The lowest BCUT2D eigenvalue weighted by Gasteiger charge is -2.31. The van der Waals surface area contributed by atoms with Gasteiger partial charge in [-0.1, -0.05) is 12.1 Å². The number of rotatable bonds is 5. The van der Waals surface area contributed by atoms with Crippen molar-refractivity contribution in [3.05, 3.63) is 83.1 Å². The molecular formula is C26H28F2N4O. The lowest BCUT2D eigenvalue weighted by molar-refractivity contribution is 0.0992. The smallest absolute Gasteiger partial charge is 0.259 e. The van der Waals surface area contributed by atoms with Gasteiger partial charge in [-0.3, -0.25) is 14.7 Å². The van der Waals surface area contributed by atoms with E-state index >= 15 is 0 Å². The van der Waals surface area contributed by atoms with Gasteiger partial charge >= 0.3 is 0 Å². The third kappa shape index (κ3) is 5.26. The van der Waals surface area contributed by atoms with Crippen molar-refractivity contribution >= 4 is 11.6 Å². The summed E-state index contributed by atoms with van der Waals surface area (Å²) in [6.07, 6.45) is 0. The maximum Gasteiger partial charge on any atom is 0.259 e. The molecule has 1 atom stereocenters. The molecule has 33 heavy (non-hydrogen) atoms. The van der Waals surface area contributed by atoms with E-state index in [-0.39, 0.29) is 5.91 Å². The molecule has 1 aliphatic heterocycles. The second kappa shape index (κ2) is 9.77. The zero-order chi connectivity index (χ0) is 23.5. The number of carbonyl (C=O) groups excluding carboxylic acids is 1. The van der Waals surface area contributed by atoms with Gasteiger partial charge in [0.1, 0.15) is 0 Å². The van der Waals surface area contributed by atoms with Crippen molar-refractivity contribution in [1.82, 2.24) is 15.2 Å². The first kappa shape index (κ1) is 23.0. The fraction of sp³-hybridized carbons (Fsp3) is 0.308. The summed E-state index contributed by atoms with van der Waals surface area (Å²) in [6.45, 7) is 7.86. The summed E-state index contributed by atoms with van der Waals surface area (Å²) in [6, 6.07) is 15.5. The van der Waals surface area contributed by atoms with Crippen LogP contribution in [0.3, 0.4) is 0 Å². The molecule has 5 nitrogen and oxygen atoms in total. The Morgan fingerprint density at radius 1 is 1.12 bits per heavy atom. The minimum absolute atomic E-state index is 0.180. The molecule has 3 aromatic rings. The first-order valence-electron chi connectivity index (χ1n) is 11.1. The monoisotopic (exact) mass is 450 g/mol. The lowest BCUT2D eigenvalue weighted by atomic mass is 10.1. The highest BCUT2D eigenvalue weighted by Crippen LogP contribution is 2.23. The zero-order valence-corrected chi connectivity index (χ0v) is 19.1. The van der Waals surface area contributed by atoms with Gasteiger partial charge in [0.05, 0.1) is 17.0 Å². The molecule has 1 fully saturated rings. The Balaban J connectivity index is 1.46. The van der Waals surface area contributed by atoms with Crippen LogP contribution in [0.1, 0.15) is 28.5 Å². The van der Waals surface area contributed by atoms with E-state index in [1.165, 1.54) is 11.6 Å². The number of halogens is 2. The number of nitrogens with one attached hydrogen (secondary N) is 1. The van der Waals surface area contributed by atoms with Crippen LogP contribution in [0.4, 0.5) is 14.5 Å². The number of benzene rings is 2. The molecule has 2 heterocycles. The van der Waals surface area contributed by atoms with Crippen LogP contribution in [0.15, 0.2) is 54.6 Å². The van der Waals surface area contributed by atoms with Crippen molar-refractivity contribution in [2.75, 3.05) is 31.6 Å². The average molecular weight is 451 g/mol. The number of aryl methyl sites for hydroxylation is 1. The van der Waals surface area contributed by atoms with Gasteiger partial charge < -0.3 is 10.2 Å². The third-order valence-electron chi connectivity index (χ3n) is 6.02. The molecule has 1 saturated heterocycles. The number of aromatic nitrogens is 1. The Labute approximate surface area is 193 Å². The van der Waals surface area contributed by atoms with Gasteiger partial charge in [0.15, 0.2) is 11.6 Å². The number of anilines is 1. The van der Waals surface area contributed by atoms with Gasteiger partial charge in [0.2, 0.25) is 0 Å². The minimum Gasteiger partial charge on any atom is -0.312 e. The van der Waals surface area contributed by atoms with E-state index in [0.29, 0.717) is 28.6 Å². The highest BCUT2D eigenvalue weighted by molar-refractivity contribution is 6.06. The van der Waals surface area contributed by atoms with Gasteiger partial charge in [-0.2, -0.15) is 0 Å². The van der Waals surface area contributed by atoms with Gasteiger partial charge in [-0.25, -0.2) is 8.78 Å². The molecule has 1 amide bonds. The summed E-state index contributed by atoms with van der Waals surface area (Å²) in [7, 11) is 1.73. The van der Waals surface area contributed by atoms with Crippen molar-refractivity contribution < 1.29 is 13.6 Å². The molecule has 0 radical (unpaired) electrons. The number of carbonyl (C=O) groups is 1. The van der Waals surface area contributed by atoms with Crippen LogP contribution in [-0.4, -0.2) is 48.5 Å². The van der Waals surface area contributed by atoms with Crippen molar-refractivity contribution in [3.63, 3.8) is 0 Å². The van der Waals surface area contributed by atoms with Crippen molar-refractivity contribution in [2.24, 2.45) is 0 Å². The summed E-state index contributed by atoms with van der Waals surface area (Å²) < 4.78 is 26.8. The molecule has 1 unspecified atom stereocenters. The van der Waals surface area contributed by atoms with Gasteiger partial charge in [0.25, 0.3) is 5.91 Å². The maximum absolute atomic E-state index is 13.6. The molecule has 0 spiro atoms. The maximum atomic E-state index is 13.6. The molecule has 0 saturated carbocycles. The van der Waals surface area contributed by atoms with E-state index in [0.717, 1.165) is 44.0 Å². The number of nitrogens with zero attached hydrogens (tertiary/aromatic N) is 3. The highest BCUT2D eigenvalue weighted by atomic mass is 19.2. The summed E-state index contributed by atoms with van der Waals surface area (Å²) in [5, 5.41) is 3.45. The lowest BCUT2D eigenvalue weighted by Crippen LogP contribution is -2.48. The Bertz CT molecular complexity index is 1150. The molecule has 4 rings (SSSR count). The van der Waals surface area contributed by atoms with Crippen LogP contribution < -0.4 is 10.2 Å². The largest absolute Gasteiger partial charge is 0.312 e. The Morgan fingerprint density at radius 2 is 1.88 bits per heavy atom. The quantitative estimate of drug-likeness (QED) is 0.626. The number of hydrogen-bond donors (Lipinski definition) is 1. The van der Waals surface area contributed by atoms with Gasteiger partial charge in [-0.05, 0) is 61.9 Å². The SMILES string of the molecule is Cc1nc(-c2ccc(F)c(F)c2)ccc1C(=O)N(C)c1ccc(CN2CCNC(C)C2)cc1. The fourth-order valence-electron chi connectivity index (χ4n) is 4.14. The summed E-state index contributed by atoms with van der Waals surface area (Å²) >= 11 is 0. The molecule has 0 bridgehead atoms. The van der Waals surface area contributed by atoms with Crippen LogP contribution in [0.5, 0.6) is 0 Å².